The fourth-order valence-corrected chi connectivity index (χ4v) is 2.07. The van der Waals surface area contributed by atoms with Crippen molar-refractivity contribution in [2.45, 2.75) is 6.42 Å². The molecule has 1 N–H and O–H groups in total. The van der Waals surface area contributed by atoms with E-state index in [0.717, 1.165) is 3.57 Å². The zero-order chi connectivity index (χ0) is 12.1. The predicted octanol–water partition coefficient (Wildman–Crippen LogP) is 2.81. The molecule has 0 spiro atoms. The van der Waals surface area contributed by atoms with E-state index in [-0.39, 0.29) is 12.3 Å². The lowest BCUT2D eigenvalue weighted by molar-refractivity contribution is -0.115. The van der Waals surface area contributed by atoms with Crippen molar-refractivity contribution < 1.29 is 9.53 Å². The molecule has 1 amide bonds. The van der Waals surface area contributed by atoms with Gasteiger partial charge in [-0.3, -0.25) is 4.79 Å². The quantitative estimate of drug-likeness (QED) is 0.853. The van der Waals surface area contributed by atoms with Crippen LogP contribution < -0.4 is 10.1 Å². The topological polar surface area (TPSA) is 62.1 Å². The lowest BCUT2D eigenvalue weighted by Gasteiger charge is -2.09. The maximum atomic E-state index is 11.2. The molecule has 0 aliphatic carbocycles. The molecule has 0 heterocycles. The number of methoxy groups -OCH3 is 1. The Morgan fingerprint density at radius 2 is 2.38 bits per heavy atom. The minimum Gasteiger partial charge on any atom is -0.495 e. The first-order chi connectivity index (χ1) is 7.58. The van der Waals surface area contributed by atoms with E-state index >= 15 is 0 Å². The van der Waals surface area contributed by atoms with Crippen LogP contribution in [-0.4, -0.2) is 13.0 Å². The first-order valence-corrected chi connectivity index (χ1v) is 5.74. The first kappa shape index (κ1) is 13.1. The molecule has 0 radical (unpaired) electrons. The Hall–Kier alpha value is -1.00. The summed E-state index contributed by atoms with van der Waals surface area (Å²) in [6, 6.07) is 5.08. The standard InChI is InChI=1S/C10H8ClIN2O2/c1-16-9-5-8(7(12)4-6(9)11)14-10(15)2-3-13/h4-5H,2H2,1H3,(H,14,15). The molecule has 6 heteroatoms. The van der Waals surface area contributed by atoms with Gasteiger partial charge in [0.1, 0.15) is 12.2 Å². The van der Waals surface area contributed by atoms with E-state index in [4.69, 9.17) is 21.6 Å². The van der Waals surface area contributed by atoms with Crippen molar-refractivity contribution in [1.29, 1.82) is 5.26 Å². The third-order valence-corrected chi connectivity index (χ3v) is 2.94. The van der Waals surface area contributed by atoms with E-state index in [0.29, 0.717) is 16.5 Å². The molecule has 0 aliphatic heterocycles. The smallest absolute Gasteiger partial charge is 0.238 e. The van der Waals surface area contributed by atoms with Crippen molar-refractivity contribution in [3.63, 3.8) is 0 Å². The van der Waals surface area contributed by atoms with E-state index < -0.39 is 0 Å². The summed E-state index contributed by atoms with van der Waals surface area (Å²) in [5, 5.41) is 11.5. The summed E-state index contributed by atoms with van der Waals surface area (Å²) in [6.07, 6.45) is -0.180. The van der Waals surface area contributed by atoms with Gasteiger partial charge in [0.25, 0.3) is 0 Å². The molecule has 0 bridgehead atoms. The monoisotopic (exact) mass is 350 g/mol. The van der Waals surface area contributed by atoms with Crippen molar-refractivity contribution in [2.75, 3.05) is 12.4 Å². The van der Waals surface area contributed by atoms with E-state index in [9.17, 15) is 4.79 Å². The van der Waals surface area contributed by atoms with Gasteiger partial charge in [-0.05, 0) is 28.7 Å². The summed E-state index contributed by atoms with van der Waals surface area (Å²) < 4.78 is 5.82. The van der Waals surface area contributed by atoms with Gasteiger partial charge in [-0.15, -0.1) is 0 Å². The Bertz CT molecular complexity index is 457. The summed E-state index contributed by atoms with van der Waals surface area (Å²) in [7, 11) is 1.49. The number of anilines is 1. The van der Waals surface area contributed by atoms with Crippen LogP contribution in [0.3, 0.4) is 0 Å². The van der Waals surface area contributed by atoms with Gasteiger partial charge in [-0.2, -0.15) is 5.26 Å². The molecular weight excluding hydrogens is 342 g/mol. The Balaban J connectivity index is 2.96. The Morgan fingerprint density at radius 1 is 1.69 bits per heavy atom. The number of carbonyl (C=O) groups is 1. The molecule has 0 fully saturated rings. The number of amides is 1. The number of halogens is 2. The van der Waals surface area contributed by atoms with Gasteiger partial charge in [-0.1, -0.05) is 11.6 Å². The molecule has 0 saturated heterocycles. The summed E-state index contributed by atoms with van der Waals surface area (Å²) in [6.45, 7) is 0. The van der Waals surface area contributed by atoms with Gasteiger partial charge in [-0.25, -0.2) is 0 Å². The number of rotatable bonds is 3. The van der Waals surface area contributed by atoms with Gasteiger partial charge in [0.15, 0.2) is 0 Å². The number of nitrogens with zero attached hydrogens (tertiary/aromatic N) is 1. The van der Waals surface area contributed by atoms with Crippen molar-refractivity contribution in [2.24, 2.45) is 0 Å². The van der Waals surface area contributed by atoms with E-state index in [2.05, 4.69) is 5.32 Å². The van der Waals surface area contributed by atoms with Crippen molar-refractivity contribution >= 4 is 45.8 Å². The van der Waals surface area contributed by atoms with Gasteiger partial charge >= 0.3 is 0 Å². The normalized spacial score (nSPS) is 9.38. The fourth-order valence-electron chi connectivity index (χ4n) is 1.05. The Morgan fingerprint density at radius 3 is 2.94 bits per heavy atom. The number of hydrogen-bond acceptors (Lipinski definition) is 3. The zero-order valence-corrected chi connectivity index (χ0v) is 11.3. The molecule has 1 rings (SSSR count). The Labute approximate surface area is 112 Å². The second-order valence-corrected chi connectivity index (χ2v) is 4.42. The number of hydrogen-bond donors (Lipinski definition) is 1. The molecule has 0 atom stereocenters. The second kappa shape index (κ2) is 5.92. The minimum absolute atomic E-state index is 0.180. The lowest BCUT2D eigenvalue weighted by Crippen LogP contribution is -2.11. The van der Waals surface area contributed by atoms with E-state index in [1.54, 1.807) is 18.2 Å². The highest BCUT2D eigenvalue weighted by Gasteiger charge is 2.09. The number of nitrogens with one attached hydrogen (secondary N) is 1. The van der Waals surface area contributed by atoms with Crippen LogP contribution in [0.25, 0.3) is 0 Å². The van der Waals surface area contributed by atoms with Gasteiger partial charge < -0.3 is 10.1 Å². The van der Waals surface area contributed by atoms with Gasteiger partial charge in [0.2, 0.25) is 5.91 Å². The van der Waals surface area contributed by atoms with Gasteiger partial charge in [0.05, 0.1) is 23.9 Å². The number of benzene rings is 1. The molecule has 0 aliphatic rings. The predicted molar refractivity (Wildman–Crippen MR) is 69.6 cm³/mol. The second-order valence-electron chi connectivity index (χ2n) is 2.85. The molecule has 84 valence electrons. The highest BCUT2D eigenvalue weighted by Crippen LogP contribution is 2.31. The van der Waals surface area contributed by atoms with Gasteiger partial charge in [0, 0.05) is 9.64 Å². The van der Waals surface area contributed by atoms with Crippen molar-refractivity contribution in [3.8, 4) is 11.8 Å². The summed E-state index contributed by atoms with van der Waals surface area (Å²) >= 11 is 7.95. The van der Waals surface area contributed by atoms with Crippen LogP contribution in [0.2, 0.25) is 5.02 Å². The highest BCUT2D eigenvalue weighted by atomic mass is 127. The van der Waals surface area contributed by atoms with Crippen LogP contribution in [0.15, 0.2) is 12.1 Å². The number of nitriles is 1. The van der Waals surface area contributed by atoms with E-state index in [1.807, 2.05) is 22.6 Å². The maximum absolute atomic E-state index is 11.2. The molecule has 16 heavy (non-hydrogen) atoms. The van der Waals surface area contributed by atoms with Crippen LogP contribution in [0, 0.1) is 14.9 Å². The number of ether oxygens (including phenoxy) is 1. The Kier molecular flexibility index (Phi) is 4.83. The van der Waals surface area contributed by atoms with Crippen molar-refractivity contribution in [3.05, 3.63) is 20.7 Å². The van der Waals surface area contributed by atoms with Crippen molar-refractivity contribution in [1.82, 2.24) is 0 Å². The average molecular weight is 351 g/mol. The van der Waals surface area contributed by atoms with Crippen LogP contribution in [0.5, 0.6) is 5.75 Å². The highest BCUT2D eigenvalue weighted by molar-refractivity contribution is 14.1. The largest absolute Gasteiger partial charge is 0.495 e. The van der Waals surface area contributed by atoms with Crippen LogP contribution in [0.4, 0.5) is 5.69 Å². The first-order valence-electron chi connectivity index (χ1n) is 4.28. The third kappa shape index (κ3) is 3.25. The lowest BCUT2D eigenvalue weighted by atomic mass is 10.3. The molecule has 0 unspecified atom stereocenters. The summed E-state index contributed by atoms with van der Waals surface area (Å²) in [5.41, 5.74) is 0.585. The zero-order valence-electron chi connectivity index (χ0n) is 8.38. The minimum atomic E-state index is -0.357. The molecule has 1 aromatic carbocycles. The number of carbonyl (C=O) groups excluding carboxylic acids is 1. The van der Waals surface area contributed by atoms with Crippen LogP contribution in [-0.2, 0) is 4.79 Å². The van der Waals surface area contributed by atoms with Crippen LogP contribution >= 0.6 is 34.2 Å². The molecule has 4 nitrogen and oxygen atoms in total. The molecule has 0 aromatic heterocycles. The maximum Gasteiger partial charge on any atom is 0.238 e. The molecule has 1 aromatic rings. The fraction of sp³-hybridized carbons (Fsp3) is 0.200. The summed E-state index contributed by atoms with van der Waals surface area (Å²) in [4.78, 5) is 11.2. The van der Waals surface area contributed by atoms with E-state index in [1.165, 1.54) is 7.11 Å². The SMILES string of the molecule is COc1cc(NC(=O)CC#N)c(I)cc1Cl. The molecular formula is C10H8ClIN2O2. The summed E-state index contributed by atoms with van der Waals surface area (Å²) in [5.74, 6) is 0.124. The average Bonchev–Trinajstić information content (AvgIpc) is 2.22. The third-order valence-electron chi connectivity index (χ3n) is 1.76. The van der Waals surface area contributed by atoms with Crippen LogP contribution in [0.1, 0.15) is 6.42 Å². The molecule has 0 saturated carbocycles.